The maximum absolute atomic E-state index is 12.1. The molecule has 0 bridgehead atoms. The van der Waals surface area contributed by atoms with Crippen LogP contribution in [0.4, 0.5) is 0 Å². The largest absolute Gasteiger partial charge is 0.341 e. The Kier molecular flexibility index (Phi) is 3.94. The quantitative estimate of drug-likeness (QED) is 0.903. The molecule has 0 radical (unpaired) electrons. The van der Waals surface area contributed by atoms with Crippen molar-refractivity contribution in [3.63, 3.8) is 0 Å². The van der Waals surface area contributed by atoms with Crippen LogP contribution in [0.15, 0.2) is 34.9 Å². The lowest BCUT2D eigenvalue weighted by molar-refractivity contribution is 0.0932. The van der Waals surface area contributed by atoms with Gasteiger partial charge in [-0.25, -0.2) is 0 Å². The third kappa shape index (κ3) is 2.87. The average molecular weight is 300 g/mol. The molecule has 0 saturated heterocycles. The molecule has 3 rings (SSSR count). The zero-order valence-electron chi connectivity index (χ0n) is 12.6. The van der Waals surface area contributed by atoms with Crippen molar-refractivity contribution in [3.8, 4) is 0 Å². The Morgan fingerprint density at radius 1 is 1.32 bits per heavy atom. The first-order valence-electron chi connectivity index (χ1n) is 7.57. The Bertz CT molecular complexity index is 647. The summed E-state index contributed by atoms with van der Waals surface area (Å²) in [6.45, 7) is 1.82. The fraction of sp³-hybridized carbons (Fsp3) is 0.438. The highest BCUT2D eigenvalue weighted by Gasteiger charge is 2.36. The van der Waals surface area contributed by atoms with Crippen LogP contribution in [0.25, 0.3) is 0 Å². The van der Waals surface area contributed by atoms with Crippen molar-refractivity contribution in [2.24, 2.45) is 5.73 Å². The van der Waals surface area contributed by atoms with Crippen molar-refractivity contribution in [1.29, 1.82) is 0 Å². The number of carbonyl (C=O) groups is 1. The minimum absolute atomic E-state index is 0.170. The van der Waals surface area contributed by atoms with Crippen LogP contribution in [-0.4, -0.2) is 16.0 Å². The first kappa shape index (κ1) is 14.7. The standard InChI is InChI=1S/C16H20N4O2/c1-11(18-13(21)12-7-3-2-4-8-12)14-19-15(20-22-14)16(17)9-5-6-10-16/h2-4,7-8,11H,5-6,9-10,17H2,1H3,(H,18,21). The predicted octanol–water partition coefficient (Wildman–Crippen LogP) is 2.29. The van der Waals surface area contributed by atoms with Gasteiger partial charge in [-0.05, 0) is 31.9 Å². The van der Waals surface area contributed by atoms with E-state index in [-0.39, 0.29) is 11.9 Å². The smallest absolute Gasteiger partial charge is 0.251 e. The molecule has 1 atom stereocenters. The van der Waals surface area contributed by atoms with Crippen molar-refractivity contribution in [3.05, 3.63) is 47.6 Å². The van der Waals surface area contributed by atoms with Gasteiger partial charge in [0.25, 0.3) is 5.91 Å². The highest BCUT2D eigenvalue weighted by atomic mass is 16.5. The fourth-order valence-electron chi connectivity index (χ4n) is 2.77. The first-order chi connectivity index (χ1) is 10.6. The lowest BCUT2D eigenvalue weighted by Gasteiger charge is -2.17. The highest BCUT2D eigenvalue weighted by Crippen LogP contribution is 2.34. The molecule has 1 aromatic heterocycles. The maximum atomic E-state index is 12.1. The van der Waals surface area contributed by atoms with Gasteiger partial charge in [0.15, 0.2) is 5.82 Å². The molecule has 0 spiro atoms. The van der Waals surface area contributed by atoms with E-state index in [0.29, 0.717) is 17.3 Å². The lowest BCUT2D eigenvalue weighted by atomic mass is 9.99. The second kappa shape index (κ2) is 5.88. The van der Waals surface area contributed by atoms with E-state index in [9.17, 15) is 4.79 Å². The van der Waals surface area contributed by atoms with Gasteiger partial charge in [0.2, 0.25) is 5.89 Å². The van der Waals surface area contributed by atoms with Crippen LogP contribution in [0, 0.1) is 0 Å². The van der Waals surface area contributed by atoms with Crippen LogP contribution < -0.4 is 11.1 Å². The molecule has 1 saturated carbocycles. The molecule has 6 heteroatoms. The Balaban J connectivity index is 1.69. The second-order valence-electron chi connectivity index (χ2n) is 5.88. The molecular formula is C16H20N4O2. The van der Waals surface area contributed by atoms with Crippen molar-refractivity contribution in [2.75, 3.05) is 0 Å². The summed E-state index contributed by atoms with van der Waals surface area (Å²) in [4.78, 5) is 16.5. The first-order valence-corrected chi connectivity index (χ1v) is 7.57. The highest BCUT2D eigenvalue weighted by molar-refractivity contribution is 5.94. The Hall–Kier alpha value is -2.21. The van der Waals surface area contributed by atoms with Gasteiger partial charge < -0.3 is 15.6 Å². The van der Waals surface area contributed by atoms with Crippen molar-refractivity contribution in [1.82, 2.24) is 15.5 Å². The van der Waals surface area contributed by atoms with E-state index in [1.807, 2.05) is 25.1 Å². The number of nitrogens with one attached hydrogen (secondary N) is 1. The third-order valence-corrected chi connectivity index (χ3v) is 4.14. The van der Waals surface area contributed by atoms with Crippen LogP contribution in [-0.2, 0) is 5.54 Å². The van der Waals surface area contributed by atoms with E-state index in [1.165, 1.54) is 0 Å². The van der Waals surface area contributed by atoms with Crippen LogP contribution in [0.5, 0.6) is 0 Å². The molecule has 1 aromatic carbocycles. The van der Waals surface area contributed by atoms with Crippen LogP contribution in [0.2, 0.25) is 0 Å². The molecule has 1 unspecified atom stereocenters. The Morgan fingerprint density at radius 2 is 2.00 bits per heavy atom. The summed E-state index contributed by atoms with van der Waals surface area (Å²) in [6.07, 6.45) is 3.91. The zero-order valence-corrected chi connectivity index (χ0v) is 12.6. The number of amides is 1. The zero-order chi connectivity index (χ0) is 15.6. The molecule has 6 nitrogen and oxygen atoms in total. The minimum Gasteiger partial charge on any atom is -0.341 e. The summed E-state index contributed by atoms with van der Waals surface area (Å²) in [6, 6.07) is 8.67. The number of nitrogens with zero attached hydrogens (tertiary/aromatic N) is 2. The molecule has 1 fully saturated rings. The summed E-state index contributed by atoms with van der Waals surface area (Å²) in [5.74, 6) is 0.757. The average Bonchev–Trinajstić information content (AvgIpc) is 3.18. The Morgan fingerprint density at radius 3 is 2.68 bits per heavy atom. The molecule has 22 heavy (non-hydrogen) atoms. The number of hydrogen-bond donors (Lipinski definition) is 2. The SMILES string of the molecule is CC(NC(=O)c1ccccc1)c1nc(C2(N)CCCC2)no1. The number of hydrogen-bond acceptors (Lipinski definition) is 5. The Labute approximate surface area is 129 Å². The normalized spacial score (nSPS) is 18.1. The van der Waals surface area contributed by atoms with Gasteiger partial charge in [-0.1, -0.05) is 36.2 Å². The summed E-state index contributed by atoms with van der Waals surface area (Å²) in [5, 5.41) is 6.86. The summed E-state index contributed by atoms with van der Waals surface area (Å²) < 4.78 is 5.28. The van der Waals surface area contributed by atoms with E-state index in [1.54, 1.807) is 12.1 Å². The summed E-state index contributed by atoms with van der Waals surface area (Å²) in [5.41, 5.74) is 6.43. The number of benzene rings is 1. The van der Waals surface area contributed by atoms with E-state index in [0.717, 1.165) is 25.7 Å². The topological polar surface area (TPSA) is 94.0 Å². The monoisotopic (exact) mass is 300 g/mol. The van der Waals surface area contributed by atoms with Crippen molar-refractivity contribution >= 4 is 5.91 Å². The third-order valence-electron chi connectivity index (χ3n) is 4.14. The second-order valence-corrected chi connectivity index (χ2v) is 5.88. The van der Waals surface area contributed by atoms with Gasteiger partial charge in [-0.3, -0.25) is 4.79 Å². The van der Waals surface area contributed by atoms with Crippen molar-refractivity contribution in [2.45, 2.75) is 44.2 Å². The van der Waals surface area contributed by atoms with Gasteiger partial charge in [-0.2, -0.15) is 4.98 Å². The number of rotatable bonds is 4. The van der Waals surface area contributed by atoms with Gasteiger partial charge in [0.05, 0.1) is 5.54 Å². The van der Waals surface area contributed by atoms with Crippen LogP contribution >= 0.6 is 0 Å². The number of aromatic nitrogens is 2. The molecule has 0 aliphatic heterocycles. The fourth-order valence-corrected chi connectivity index (χ4v) is 2.77. The molecule has 2 aromatic rings. The van der Waals surface area contributed by atoms with Crippen LogP contribution in [0.3, 0.4) is 0 Å². The lowest BCUT2D eigenvalue weighted by Crippen LogP contribution is -2.34. The molecule has 1 heterocycles. The predicted molar refractivity (Wildman–Crippen MR) is 81.0 cm³/mol. The van der Waals surface area contributed by atoms with Gasteiger partial charge >= 0.3 is 0 Å². The molecule has 1 aliphatic rings. The van der Waals surface area contributed by atoms with Crippen LogP contribution in [0.1, 0.15) is 60.7 Å². The molecule has 116 valence electrons. The number of carbonyl (C=O) groups excluding carboxylic acids is 1. The van der Waals surface area contributed by atoms with E-state index >= 15 is 0 Å². The van der Waals surface area contributed by atoms with Gasteiger partial charge in [0.1, 0.15) is 6.04 Å². The van der Waals surface area contributed by atoms with E-state index in [2.05, 4.69) is 15.5 Å². The molecule has 1 aliphatic carbocycles. The molecular weight excluding hydrogens is 280 g/mol. The van der Waals surface area contributed by atoms with E-state index < -0.39 is 5.54 Å². The van der Waals surface area contributed by atoms with Gasteiger partial charge in [0, 0.05) is 5.56 Å². The summed E-state index contributed by atoms with van der Waals surface area (Å²) >= 11 is 0. The number of nitrogens with two attached hydrogens (primary N) is 1. The molecule has 1 amide bonds. The van der Waals surface area contributed by atoms with E-state index in [4.69, 9.17) is 10.3 Å². The van der Waals surface area contributed by atoms with Crippen molar-refractivity contribution < 1.29 is 9.32 Å². The van der Waals surface area contributed by atoms with Gasteiger partial charge in [-0.15, -0.1) is 0 Å². The maximum Gasteiger partial charge on any atom is 0.251 e. The molecule has 3 N–H and O–H groups in total. The summed E-state index contributed by atoms with van der Waals surface area (Å²) in [7, 11) is 0. The minimum atomic E-state index is -0.481.